The lowest BCUT2D eigenvalue weighted by molar-refractivity contribution is -0.145. The van der Waals surface area contributed by atoms with E-state index in [9.17, 15) is 4.79 Å². The number of hydrogen-bond acceptors (Lipinski definition) is 10. The van der Waals surface area contributed by atoms with Crippen molar-refractivity contribution in [2.45, 2.75) is 84.4 Å². The van der Waals surface area contributed by atoms with E-state index in [4.69, 9.17) is 42.3 Å². The van der Waals surface area contributed by atoms with E-state index in [-0.39, 0.29) is 11.0 Å². The number of ether oxygens (including phenoxy) is 8. The normalized spacial score (nSPS) is 12.2. The minimum atomic E-state index is -1.69. The summed E-state index contributed by atoms with van der Waals surface area (Å²) in [5.74, 6) is -0.142. The van der Waals surface area contributed by atoms with Gasteiger partial charge in [0.2, 0.25) is 0 Å². The molecule has 0 bridgehead atoms. The molecule has 0 N–H and O–H groups in total. The Morgan fingerprint density at radius 2 is 0.854 bits per heavy atom. The third-order valence-corrected chi connectivity index (χ3v) is 11.2. The molecule has 0 spiro atoms. The Bertz CT molecular complexity index is 572. The molecule has 0 aliphatic heterocycles. The van der Waals surface area contributed by atoms with Gasteiger partial charge in [-0.1, -0.05) is 53.4 Å². The molecule has 0 rings (SSSR count). The van der Waals surface area contributed by atoms with Crippen LogP contribution < -0.4 is 0 Å². The Morgan fingerprint density at radius 3 is 1.22 bits per heavy atom. The zero-order chi connectivity index (χ0) is 30.5. The fourth-order valence-electron chi connectivity index (χ4n) is 3.15. The monoisotopic (exact) mass is 610 g/mol. The summed E-state index contributed by atoms with van der Waals surface area (Å²) in [5, 5.41) is 0.218. The van der Waals surface area contributed by atoms with Gasteiger partial charge in [0.1, 0.15) is 6.61 Å². The summed E-state index contributed by atoms with van der Waals surface area (Å²) < 4.78 is 49.6. The zero-order valence-electron chi connectivity index (χ0n) is 27.1. The fourth-order valence-corrected chi connectivity index (χ4v) is 4.18. The summed E-state index contributed by atoms with van der Waals surface area (Å²) in [6, 6.07) is 0. The molecule has 0 saturated carbocycles. The third-order valence-electron chi connectivity index (χ3n) is 6.70. The molecule has 10 nitrogen and oxygen atoms in total. The molecule has 246 valence electrons. The van der Waals surface area contributed by atoms with E-state index in [1.807, 2.05) is 0 Å². The van der Waals surface area contributed by atoms with Crippen LogP contribution >= 0.6 is 0 Å². The first-order valence-corrected chi connectivity index (χ1v) is 18.5. The van der Waals surface area contributed by atoms with Crippen molar-refractivity contribution in [1.29, 1.82) is 0 Å². The van der Waals surface area contributed by atoms with Crippen molar-refractivity contribution in [3.63, 3.8) is 0 Å². The van der Waals surface area contributed by atoms with Gasteiger partial charge in [-0.25, -0.2) is 0 Å². The second-order valence-corrected chi connectivity index (χ2v) is 16.1. The Labute approximate surface area is 251 Å². The van der Waals surface area contributed by atoms with Gasteiger partial charge >= 0.3 is 5.97 Å². The van der Waals surface area contributed by atoms with E-state index in [1.165, 1.54) is 19.3 Å². The van der Waals surface area contributed by atoms with Crippen LogP contribution in [-0.4, -0.2) is 120 Å². The average Bonchev–Trinajstić information content (AvgIpc) is 2.92. The van der Waals surface area contributed by atoms with Crippen molar-refractivity contribution >= 4 is 14.3 Å². The van der Waals surface area contributed by atoms with Crippen molar-refractivity contribution in [3.05, 3.63) is 0 Å². The highest BCUT2D eigenvalue weighted by molar-refractivity contribution is 6.74. The molecule has 0 fully saturated rings. The molecule has 0 aromatic rings. The summed E-state index contributed by atoms with van der Waals surface area (Å²) in [5.41, 5.74) is 0. The van der Waals surface area contributed by atoms with E-state index in [0.717, 1.165) is 12.8 Å². The second-order valence-electron chi connectivity index (χ2n) is 11.3. The molecule has 0 radical (unpaired) electrons. The average molecular weight is 611 g/mol. The van der Waals surface area contributed by atoms with Crippen molar-refractivity contribution in [3.8, 4) is 0 Å². The minimum absolute atomic E-state index is 0.142. The fraction of sp³-hybridized carbons (Fsp3) is 0.967. The van der Waals surface area contributed by atoms with Gasteiger partial charge in [0.05, 0.1) is 99.1 Å². The molecule has 0 amide bonds. The standard InChI is InChI=1S/C30H62O10Si/c1-7-8-9-10-11-12-29(31)39-27-25-37-23-21-35-19-17-33-15-13-32-14-16-34-18-20-36-22-24-38-26-28-40-41(5,6)30(2,3)4/h7-28H2,1-6H3. The van der Waals surface area contributed by atoms with Crippen LogP contribution in [0.15, 0.2) is 0 Å². The van der Waals surface area contributed by atoms with E-state index in [2.05, 4.69) is 40.8 Å². The van der Waals surface area contributed by atoms with Crippen LogP contribution in [0.25, 0.3) is 0 Å². The Kier molecular flexibility index (Phi) is 27.7. The van der Waals surface area contributed by atoms with Crippen molar-refractivity contribution in [2.75, 3.05) is 106 Å². The molecular weight excluding hydrogens is 548 g/mol. The summed E-state index contributed by atoms with van der Waals surface area (Å²) in [6.07, 6.45) is 6.10. The molecular formula is C30H62O10Si. The van der Waals surface area contributed by atoms with E-state index >= 15 is 0 Å². The number of unbranched alkanes of at least 4 members (excludes halogenated alkanes) is 4. The van der Waals surface area contributed by atoms with Crippen molar-refractivity contribution in [2.24, 2.45) is 0 Å². The second kappa shape index (κ2) is 28.2. The van der Waals surface area contributed by atoms with Crippen molar-refractivity contribution < 1.29 is 47.1 Å². The zero-order valence-corrected chi connectivity index (χ0v) is 28.1. The van der Waals surface area contributed by atoms with Gasteiger partial charge in [-0.3, -0.25) is 4.79 Å². The summed E-state index contributed by atoms with van der Waals surface area (Å²) in [7, 11) is -1.69. The van der Waals surface area contributed by atoms with Crippen LogP contribution in [0.4, 0.5) is 0 Å². The third kappa shape index (κ3) is 27.9. The number of esters is 1. The maximum Gasteiger partial charge on any atom is 0.305 e. The van der Waals surface area contributed by atoms with Gasteiger partial charge in [0.25, 0.3) is 0 Å². The predicted molar refractivity (Wildman–Crippen MR) is 163 cm³/mol. The molecule has 0 aromatic carbocycles. The Morgan fingerprint density at radius 1 is 0.512 bits per heavy atom. The summed E-state index contributed by atoms with van der Waals surface area (Å²) in [6.45, 7) is 21.4. The Balaban J connectivity index is 3.19. The van der Waals surface area contributed by atoms with Gasteiger partial charge in [0.15, 0.2) is 8.32 Å². The quantitative estimate of drug-likeness (QED) is 0.0604. The maximum absolute atomic E-state index is 11.6. The number of hydrogen-bond donors (Lipinski definition) is 0. The first-order valence-electron chi connectivity index (χ1n) is 15.5. The van der Waals surface area contributed by atoms with Gasteiger partial charge < -0.3 is 42.3 Å². The molecule has 0 aliphatic rings. The van der Waals surface area contributed by atoms with E-state index < -0.39 is 8.32 Å². The van der Waals surface area contributed by atoms with Crippen LogP contribution in [0.5, 0.6) is 0 Å². The van der Waals surface area contributed by atoms with Crippen LogP contribution in [0.2, 0.25) is 18.1 Å². The topological polar surface area (TPSA) is 100 Å². The highest BCUT2D eigenvalue weighted by atomic mass is 28.4. The lowest BCUT2D eigenvalue weighted by Crippen LogP contribution is -2.41. The highest BCUT2D eigenvalue weighted by Gasteiger charge is 2.36. The number of rotatable bonds is 31. The van der Waals surface area contributed by atoms with Crippen LogP contribution in [0.1, 0.15) is 66.2 Å². The van der Waals surface area contributed by atoms with E-state index in [0.29, 0.717) is 112 Å². The lowest BCUT2D eigenvalue weighted by atomic mass is 10.1. The Hall–Kier alpha value is -0.633. The SMILES string of the molecule is CCCCCCCC(=O)OCCOCCOCCOCCOCCOCCOCCOCCO[Si](C)(C)C(C)(C)C. The van der Waals surface area contributed by atoms with Crippen molar-refractivity contribution in [1.82, 2.24) is 0 Å². The lowest BCUT2D eigenvalue weighted by Gasteiger charge is -2.36. The first-order chi connectivity index (χ1) is 19.7. The molecule has 0 aliphatic carbocycles. The van der Waals surface area contributed by atoms with Gasteiger partial charge in [-0.05, 0) is 24.6 Å². The summed E-state index contributed by atoms with van der Waals surface area (Å²) >= 11 is 0. The van der Waals surface area contributed by atoms with Crippen LogP contribution in [0.3, 0.4) is 0 Å². The first kappa shape index (κ1) is 40.4. The minimum Gasteiger partial charge on any atom is -0.463 e. The van der Waals surface area contributed by atoms with Crippen LogP contribution in [-0.2, 0) is 47.1 Å². The van der Waals surface area contributed by atoms with Gasteiger partial charge in [-0.2, -0.15) is 0 Å². The number of carbonyl (C=O) groups excluding carboxylic acids is 1. The van der Waals surface area contributed by atoms with E-state index in [1.54, 1.807) is 0 Å². The van der Waals surface area contributed by atoms with Gasteiger partial charge in [0, 0.05) is 6.42 Å². The van der Waals surface area contributed by atoms with Gasteiger partial charge in [-0.15, -0.1) is 0 Å². The molecule has 41 heavy (non-hydrogen) atoms. The molecule has 0 aromatic heterocycles. The summed E-state index contributed by atoms with van der Waals surface area (Å²) in [4.78, 5) is 11.6. The highest BCUT2D eigenvalue weighted by Crippen LogP contribution is 2.36. The molecule has 0 saturated heterocycles. The molecule has 0 unspecified atom stereocenters. The molecule has 0 atom stereocenters. The predicted octanol–water partition coefficient (Wildman–Crippen LogP) is 5.03. The molecule has 0 heterocycles. The number of carbonyl (C=O) groups is 1. The smallest absolute Gasteiger partial charge is 0.305 e. The molecule has 11 heteroatoms. The maximum atomic E-state index is 11.6. The van der Waals surface area contributed by atoms with Crippen LogP contribution in [0, 0.1) is 0 Å². The largest absolute Gasteiger partial charge is 0.463 e.